The zero-order valence-electron chi connectivity index (χ0n) is 13.7. The van der Waals surface area contributed by atoms with E-state index in [0.29, 0.717) is 17.1 Å². The standard InChI is InChI=1S/C16H22N2O5/c1-10(19)17-11-5-6-13(23-4)12(7-11)18-14(20)8-16(2,3)9-15(21)22/h5-7H,8-9H2,1-4H3,(H,17,19)(H,18,20)(H,21,22). The van der Waals surface area contributed by atoms with Crippen LogP contribution in [-0.4, -0.2) is 30.0 Å². The van der Waals surface area contributed by atoms with Gasteiger partial charge in [-0.2, -0.15) is 0 Å². The van der Waals surface area contributed by atoms with Gasteiger partial charge >= 0.3 is 5.97 Å². The van der Waals surface area contributed by atoms with Crippen molar-refractivity contribution in [2.45, 2.75) is 33.6 Å². The number of nitrogens with one attached hydrogen (secondary N) is 2. The van der Waals surface area contributed by atoms with Crippen LogP contribution in [-0.2, 0) is 14.4 Å². The Morgan fingerprint density at radius 3 is 2.35 bits per heavy atom. The monoisotopic (exact) mass is 322 g/mol. The molecule has 23 heavy (non-hydrogen) atoms. The van der Waals surface area contributed by atoms with Gasteiger partial charge in [0.05, 0.1) is 19.2 Å². The minimum atomic E-state index is -0.951. The molecule has 0 radical (unpaired) electrons. The zero-order valence-corrected chi connectivity index (χ0v) is 13.7. The van der Waals surface area contributed by atoms with Gasteiger partial charge in [-0.3, -0.25) is 14.4 Å². The molecule has 0 saturated heterocycles. The zero-order chi connectivity index (χ0) is 17.6. The Morgan fingerprint density at radius 2 is 1.83 bits per heavy atom. The third kappa shape index (κ3) is 6.37. The van der Waals surface area contributed by atoms with E-state index in [1.807, 2.05) is 0 Å². The fourth-order valence-corrected chi connectivity index (χ4v) is 2.19. The number of hydrogen-bond donors (Lipinski definition) is 3. The van der Waals surface area contributed by atoms with Gasteiger partial charge in [-0.15, -0.1) is 0 Å². The molecule has 0 saturated carbocycles. The lowest BCUT2D eigenvalue weighted by Crippen LogP contribution is -2.25. The first-order chi connectivity index (χ1) is 10.6. The number of anilines is 2. The molecule has 0 heterocycles. The molecule has 126 valence electrons. The van der Waals surface area contributed by atoms with Gasteiger partial charge in [0.25, 0.3) is 0 Å². The Balaban J connectivity index is 2.87. The number of ether oxygens (including phenoxy) is 1. The fourth-order valence-electron chi connectivity index (χ4n) is 2.19. The third-order valence-corrected chi connectivity index (χ3v) is 3.06. The Morgan fingerprint density at radius 1 is 1.17 bits per heavy atom. The van der Waals surface area contributed by atoms with Gasteiger partial charge in [-0.1, -0.05) is 13.8 Å². The summed E-state index contributed by atoms with van der Waals surface area (Å²) in [5, 5.41) is 14.2. The van der Waals surface area contributed by atoms with Crippen molar-refractivity contribution in [3.8, 4) is 5.75 Å². The number of aliphatic carboxylic acids is 1. The van der Waals surface area contributed by atoms with Crippen molar-refractivity contribution in [1.29, 1.82) is 0 Å². The molecular formula is C16H22N2O5. The average Bonchev–Trinajstić information content (AvgIpc) is 2.35. The molecule has 7 heteroatoms. The van der Waals surface area contributed by atoms with E-state index in [1.165, 1.54) is 14.0 Å². The van der Waals surface area contributed by atoms with Crippen LogP contribution in [0.2, 0.25) is 0 Å². The molecule has 0 unspecified atom stereocenters. The number of carbonyl (C=O) groups is 3. The summed E-state index contributed by atoms with van der Waals surface area (Å²) < 4.78 is 5.18. The number of carboxylic acid groups (broad SMARTS) is 1. The molecule has 0 aliphatic heterocycles. The second-order valence-electron chi connectivity index (χ2n) is 6.06. The number of hydrogen-bond acceptors (Lipinski definition) is 4. The number of rotatable bonds is 7. The Bertz CT molecular complexity index is 610. The van der Waals surface area contributed by atoms with Crippen molar-refractivity contribution in [1.82, 2.24) is 0 Å². The van der Waals surface area contributed by atoms with E-state index in [2.05, 4.69) is 10.6 Å². The first kappa shape index (κ1) is 18.5. The summed E-state index contributed by atoms with van der Waals surface area (Å²) in [6.07, 6.45) is -0.0592. The van der Waals surface area contributed by atoms with Crippen molar-refractivity contribution in [3.63, 3.8) is 0 Å². The highest BCUT2D eigenvalue weighted by atomic mass is 16.5. The van der Waals surface area contributed by atoms with Crippen LogP contribution in [0.4, 0.5) is 11.4 Å². The van der Waals surface area contributed by atoms with Crippen molar-refractivity contribution < 1.29 is 24.2 Å². The summed E-state index contributed by atoms with van der Waals surface area (Å²) in [6, 6.07) is 4.87. The van der Waals surface area contributed by atoms with Crippen LogP contribution in [0.1, 0.15) is 33.6 Å². The molecule has 7 nitrogen and oxygen atoms in total. The third-order valence-electron chi connectivity index (χ3n) is 3.06. The molecule has 0 fully saturated rings. The van der Waals surface area contributed by atoms with Crippen LogP contribution >= 0.6 is 0 Å². The number of amides is 2. The van der Waals surface area contributed by atoms with E-state index in [-0.39, 0.29) is 24.7 Å². The van der Waals surface area contributed by atoms with E-state index in [0.717, 1.165) is 0 Å². The maximum Gasteiger partial charge on any atom is 0.303 e. The predicted octanol–water partition coefficient (Wildman–Crippen LogP) is 2.48. The minimum Gasteiger partial charge on any atom is -0.495 e. The fraction of sp³-hybridized carbons (Fsp3) is 0.438. The first-order valence-electron chi connectivity index (χ1n) is 7.10. The van der Waals surface area contributed by atoms with E-state index >= 15 is 0 Å². The molecule has 2 amide bonds. The molecule has 0 atom stereocenters. The average molecular weight is 322 g/mol. The topological polar surface area (TPSA) is 105 Å². The molecule has 0 aliphatic carbocycles. The van der Waals surface area contributed by atoms with E-state index in [4.69, 9.17) is 9.84 Å². The van der Waals surface area contributed by atoms with Gasteiger partial charge in [0.15, 0.2) is 0 Å². The van der Waals surface area contributed by atoms with Crippen LogP contribution < -0.4 is 15.4 Å². The lowest BCUT2D eigenvalue weighted by Gasteiger charge is -2.22. The van der Waals surface area contributed by atoms with Gasteiger partial charge < -0.3 is 20.5 Å². The molecule has 1 aromatic rings. The molecule has 3 N–H and O–H groups in total. The van der Waals surface area contributed by atoms with Crippen molar-refractivity contribution in [3.05, 3.63) is 18.2 Å². The smallest absolute Gasteiger partial charge is 0.303 e. The van der Waals surface area contributed by atoms with Crippen molar-refractivity contribution in [2.75, 3.05) is 17.7 Å². The first-order valence-corrected chi connectivity index (χ1v) is 7.10. The van der Waals surface area contributed by atoms with Crippen LogP contribution in [0.25, 0.3) is 0 Å². The molecular weight excluding hydrogens is 300 g/mol. The summed E-state index contributed by atoms with van der Waals surface area (Å²) in [5.74, 6) is -1.05. The van der Waals surface area contributed by atoms with Crippen molar-refractivity contribution >= 4 is 29.2 Å². The van der Waals surface area contributed by atoms with E-state index in [1.54, 1.807) is 32.0 Å². The lowest BCUT2D eigenvalue weighted by molar-refractivity contribution is -0.139. The number of carboxylic acids is 1. The van der Waals surface area contributed by atoms with E-state index < -0.39 is 11.4 Å². The summed E-state index contributed by atoms with van der Waals surface area (Å²) in [5.41, 5.74) is 0.270. The predicted molar refractivity (Wildman–Crippen MR) is 86.6 cm³/mol. The van der Waals surface area contributed by atoms with Gasteiger partial charge in [-0.05, 0) is 23.6 Å². The summed E-state index contributed by atoms with van der Waals surface area (Å²) in [4.78, 5) is 34.1. The number of carbonyl (C=O) groups excluding carboxylic acids is 2. The lowest BCUT2D eigenvalue weighted by atomic mass is 9.85. The maximum atomic E-state index is 12.2. The number of benzene rings is 1. The highest BCUT2D eigenvalue weighted by Crippen LogP contribution is 2.30. The summed E-state index contributed by atoms with van der Waals surface area (Å²) in [6.45, 7) is 4.81. The van der Waals surface area contributed by atoms with Gasteiger partial charge in [0, 0.05) is 19.0 Å². The summed E-state index contributed by atoms with van der Waals surface area (Å²) >= 11 is 0. The van der Waals surface area contributed by atoms with Gasteiger partial charge in [0.2, 0.25) is 11.8 Å². The Kier molecular flexibility index (Phi) is 6.12. The number of methoxy groups -OCH3 is 1. The molecule has 0 aromatic heterocycles. The summed E-state index contributed by atoms with van der Waals surface area (Å²) in [7, 11) is 1.47. The second kappa shape index (κ2) is 7.62. The largest absolute Gasteiger partial charge is 0.495 e. The minimum absolute atomic E-state index is 0.0484. The molecule has 1 rings (SSSR count). The quantitative estimate of drug-likeness (QED) is 0.715. The highest BCUT2D eigenvalue weighted by molar-refractivity contribution is 5.95. The molecule has 0 spiro atoms. The van der Waals surface area contributed by atoms with Gasteiger partial charge in [-0.25, -0.2) is 0 Å². The maximum absolute atomic E-state index is 12.2. The molecule has 0 bridgehead atoms. The van der Waals surface area contributed by atoms with Crippen LogP contribution in [0.3, 0.4) is 0 Å². The van der Waals surface area contributed by atoms with E-state index in [9.17, 15) is 14.4 Å². The van der Waals surface area contributed by atoms with Crippen LogP contribution in [0.15, 0.2) is 18.2 Å². The molecule has 1 aromatic carbocycles. The highest BCUT2D eigenvalue weighted by Gasteiger charge is 2.25. The van der Waals surface area contributed by atoms with Crippen molar-refractivity contribution in [2.24, 2.45) is 5.41 Å². The van der Waals surface area contributed by atoms with Crippen LogP contribution in [0.5, 0.6) is 5.75 Å². The SMILES string of the molecule is COc1ccc(NC(C)=O)cc1NC(=O)CC(C)(C)CC(=O)O. The van der Waals surface area contributed by atoms with Crippen LogP contribution in [0, 0.1) is 5.41 Å². The van der Waals surface area contributed by atoms with Gasteiger partial charge in [0.1, 0.15) is 5.75 Å². The Hall–Kier alpha value is -2.57. The normalized spacial score (nSPS) is 10.8. The Labute approximate surface area is 135 Å². The molecule has 0 aliphatic rings. The second-order valence-corrected chi connectivity index (χ2v) is 6.06.